The van der Waals surface area contributed by atoms with E-state index in [1.54, 1.807) is 0 Å². The Balaban J connectivity index is 1.41. The van der Waals surface area contributed by atoms with Crippen LogP contribution in [0.5, 0.6) is 0 Å². The number of hydrogen-bond acceptors (Lipinski definition) is 6. The number of halogens is 1. The molecule has 2 fully saturated rings. The normalized spacial score (nSPS) is 18.1. The minimum absolute atomic E-state index is 0.104. The molecular formula is C28H32FN7O. The molecule has 8 nitrogen and oxygen atoms in total. The smallest absolute Gasteiger partial charge is 0.253 e. The number of pyridine rings is 1. The van der Waals surface area contributed by atoms with Crippen molar-refractivity contribution < 1.29 is 4.39 Å². The highest BCUT2D eigenvalue weighted by Gasteiger charge is 2.35. The van der Waals surface area contributed by atoms with Crippen LogP contribution in [0, 0.1) is 19.7 Å². The third-order valence-electron chi connectivity index (χ3n) is 8.07. The second-order valence-electron chi connectivity index (χ2n) is 10.4. The zero-order chi connectivity index (χ0) is 25.5. The number of aryl methyl sites for hydroxylation is 2. The first-order valence-electron chi connectivity index (χ1n) is 13.1. The number of aromatic amines is 1. The van der Waals surface area contributed by atoms with E-state index in [-0.39, 0.29) is 23.5 Å². The average Bonchev–Trinajstić information content (AvgIpc) is 3.61. The van der Waals surface area contributed by atoms with Gasteiger partial charge in [-0.2, -0.15) is 0 Å². The summed E-state index contributed by atoms with van der Waals surface area (Å²) in [5.41, 5.74) is 4.61. The fourth-order valence-electron chi connectivity index (χ4n) is 5.97. The maximum Gasteiger partial charge on any atom is 0.253 e. The van der Waals surface area contributed by atoms with Crippen LogP contribution < -0.4 is 10.5 Å². The Bertz CT molecular complexity index is 1460. The minimum atomic E-state index is -0.362. The average molecular weight is 502 g/mol. The maximum absolute atomic E-state index is 13.6. The Hall–Kier alpha value is -3.59. The first-order chi connectivity index (χ1) is 18.0. The van der Waals surface area contributed by atoms with Crippen LogP contribution in [0.4, 0.5) is 10.1 Å². The minimum Gasteiger partial charge on any atom is -0.369 e. The number of nitrogens with zero attached hydrogens (tertiary/aromatic N) is 6. The molecule has 2 aromatic carbocycles. The largest absolute Gasteiger partial charge is 0.369 e. The molecule has 0 unspecified atom stereocenters. The molecule has 1 aliphatic carbocycles. The molecule has 1 aliphatic heterocycles. The third-order valence-corrected chi connectivity index (χ3v) is 8.07. The van der Waals surface area contributed by atoms with Gasteiger partial charge in [0.05, 0.1) is 11.6 Å². The van der Waals surface area contributed by atoms with Gasteiger partial charge in [-0.3, -0.25) is 9.69 Å². The molecule has 9 heteroatoms. The molecule has 1 saturated heterocycles. The standard InChI is InChI=1S/C28H32FN7O/c1-18-7-8-19(2)25-23(18)17-24(28(37)30-25)26(27-31-32-33-36(27)22-5-3-4-6-22)35-15-13-34(14-16-35)21-11-9-20(29)10-12-21/h7-12,17,22,26H,3-6,13-16H2,1-2H3,(H,30,37)/t26-/m1/s1. The number of anilines is 1. The van der Waals surface area contributed by atoms with E-state index in [0.717, 1.165) is 72.6 Å². The topological polar surface area (TPSA) is 82.9 Å². The zero-order valence-electron chi connectivity index (χ0n) is 21.3. The molecule has 0 spiro atoms. The molecule has 1 atom stereocenters. The number of nitrogens with one attached hydrogen (secondary N) is 1. The number of rotatable bonds is 5. The molecule has 192 valence electrons. The van der Waals surface area contributed by atoms with E-state index >= 15 is 0 Å². The first-order valence-corrected chi connectivity index (χ1v) is 13.1. The van der Waals surface area contributed by atoms with Crippen LogP contribution in [0.25, 0.3) is 10.9 Å². The summed E-state index contributed by atoms with van der Waals surface area (Å²) in [4.78, 5) is 21.4. The number of hydrogen-bond donors (Lipinski definition) is 1. The van der Waals surface area contributed by atoms with Crippen LogP contribution in [0.2, 0.25) is 0 Å². The first kappa shape index (κ1) is 23.8. The van der Waals surface area contributed by atoms with E-state index in [1.807, 2.05) is 35.9 Å². The number of piperazine rings is 1. The van der Waals surface area contributed by atoms with Gasteiger partial charge in [-0.25, -0.2) is 9.07 Å². The van der Waals surface area contributed by atoms with E-state index in [0.29, 0.717) is 5.56 Å². The van der Waals surface area contributed by atoms with Gasteiger partial charge in [0.2, 0.25) is 0 Å². The van der Waals surface area contributed by atoms with E-state index in [4.69, 9.17) is 0 Å². The molecule has 0 bridgehead atoms. The number of aromatic nitrogens is 5. The Morgan fingerprint density at radius 1 is 0.973 bits per heavy atom. The second kappa shape index (κ2) is 9.70. The Morgan fingerprint density at radius 2 is 1.68 bits per heavy atom. The molecule has 6 rings (SSSR count). The van der Waals surface area contributed by atoms with Gasteiger partial charge in [0.15, 0.2) is 5.82 Å². The van der Waals surface area contributed by atoms with Crippen molar-refractivity contribution >= 4 is 16.6 Å². The van der Waals surface area contributed by atoms with Crippen LogP contribution in [0.3, 0.4) is 0 Å². The van der Waals surface area contributed by atoms with Crippen LogP contribution in [0.15, 0.2) is 47.3 Å². The highest BCUT2D eigenvalue weighted by molar-refractivity contribution is 5.85. The van der Waals surface area contributed by atoms with Crippen molar-refractivity contribution in [1.82, 2.24) is 30.1 Å². The summed E-state index contributed by atoms with van der Waals surface area (Å²) in [6.45, 7) is 7.06. The molecule has 0 amide bonds. The predicted octanol–water partition coefficient (Wildman–Crippen LogP) is 4.30. The van der Waals surface area contributed by atoms with Crippen molar-refractivity contribution in [2.75, 3.05) is 31.1 Å². The highest BCUT2D eigenvalue weighted by Crippen LogP contribution is 2.35. The van der Waals surface area contributed by atoms with E-state index in [2.05, 4.69) is 43.3 Å². The summed E-state index contributed by atoms with van der Waals surface area (Å²) in [7, 11) is 0. The Kier molecular flexibility index (Phi) is 6.24. The molecule has 1 saturated carbocycles. The summed E-state index contributed by atoms with van der Waals surface area (Å²) in [6, 6.07) is 12.7. The van der Waals surface area contributed by atoms with E-state index in [1.165, 1.54) is 25.0 Å². The quantitative estimate of drug-likeness (QED) is 0.439. The van der Waals surface area contributed by atoms with Gasteiger partial charge in [-0.1, -0.05) is 25.0 Å². The summed E-state index contributed by atoms with van der Waals surface area (Å²) in [6.07, 6.45) is 4.44. The van der Waals surface area contributed by atoms with Gasteiger partial charge in [-0.05, 0) is 78.6 Å². The molecule has 37 heavy (non-hydrogen) atoms. The summed E-state index contributed by atoms with van der Waals surface area (Å²) >= 11 is 0. The second-order valence-corrected chi connectivity index (χ2v) is 10.4. The van der Waals surface area contributed by atoms with Crippen molar-refractivity contribution in [1.29, 1.82) is 0 Å². The molecule has 1 N–H and O–H groups in total. The van der Waals surface area contributed by atoms with E-state index < -0.39 is 0 Å². The van der Waals surface area contributed by atoms with Crippen LogP contribution in [-0.4, -0.2) is 56.3 Å². The highest BCUT2D eigenvalue weighted by atomic mass is 19.1. The van der Waals surface area contributed by atoms with Crippen molar-refractivity contribution in [3.05, 3.63) is 81.2 Å². The van der Waals surface area contributed by atoms with Gasteiger partial charge >= 0.3 is 0 Å². The lowest BCUT2D eigenvalue weighted by Gasteiger charge is -2.39. The molecule has 4 aromatic rings. The van der Waals surface area contributed by atoms with Gasteiger partial charge in [0.25, 0.3) is 5.56 Å². The van der Waals surface area contributed by atoms with Gasteiger partial charge in [0, 0.05) is 42.8 Å². The van der Waals surface area contributed by atoms with Gasteiger partial charge in [0.1, 0.15) is 11.9 Å². The fourth-order valence-corrected chi connectivity index (χ4v) is 5.97. The summed E-state index contributed by atoms with van der Waals surface area (Å²) in [5.74, 6) is 0.500. The number of tetrazole rings is 1. The van der Waals surface area contributed by atoms with Crippen LogP contribution in [-0.2, 0) is 0 Å². The molecule has 3 heterocycles. The lowest BCUT2D eigenvalue weighted by molar-refractivity contribution is 0.197. The monoisotopic (exact) mass is 501 g/mol. The SMILES string of the molecule is Cc1ccc(C)c2[nH]c(=O)c([C@H](c3nnnn3C3CCCC3)N3CCN(c4ccc(F)cc4)CC3)cc12. The third kappa shape index (κ3) is 4.41. The number of fused-ring (bicyclic) bond motifs is 1. The Labute approximate surface area is 215 Å². The Morgan fingerprint density at radius 3 is 2.41 bits per heavy atom. The van der Waals surface area contributed by atoms with Crippen molar-refractivity contribution in [3.63, 3.8) is 0 Å². The van der Waals surface area contributed by atoms with Crippen LogP contribution in [0.1, 0.15) is 60.3 Å². The predicted molar refractivity (Wildman–Crippen MR) is 141 cm³/mol. The number of H-pyrrole nitrogens is 1. The van der Waals surface area contributed by atoms with Crippen molar-refractivity contribution in [2.24, 2.45) is 0 Å². The summed E-state index contributed by atoms with van der Waals surface area (Å²) in [5, 5.41) is 14.0. The van der Waals surface area contributed by atoms with Crippen molar-refractivity contribution in [3.8, 4) is 0 Å². The molecule has 2 aromatic heterocycles. The van der Waals surface area contributed by atoms with Gasteiger partial charge in [-0.15, -0.1) is 5.10 Å². The van der Waals surface area contributed by atoms with Crippen molar-refractivity contribution in [2.45, 2.75) is 51.6 Å². The van der Waals surface area contributed by atoms with E-state index in [9.17, 15) is 9.18 Å². The lowest BCUT2D eigenvalue weighted by Crippen LogP contribution is -2.49. The lowest BCUT2D eigenvalue weighted by atomic mass is 9.99. The molecule has 2 aliphatic rings. The summed E-state index contributed by atoms with van der Waals surface area (Å²) < 4.78 is 15.4. The molecule has 0 radical (unpaired) electrons. The van der Waals surface area contributed by atoms with Crippen LogP contribution >= 0.6 is 0 Å². The zero-order valence-corrected chi connectivity index (χ0v) is 21.3. The number of benzene rings is 2. The maximum atomic E-state index is 13.6. The van der Waals surface area contributed by atoms with Gasteiger partial charge < -0.3 is 9.88 Å². The molecular weight excluding hydrogens is 469 g/mol. The fraction of sp³-hybridized carbons (Fsp3) is 0.429.